The Hall–Kier alpha value is -1.27. The molecule has 0 aromatic heterocycles. The first-order valence-corrected chi connectivity index (χ1v) is 6.83. The van der Waals surface area contributed by atoms with Gasteiger partial charge in [-0.2, -0.15) is 0 Å². The zero-order chi connectivity index (χ0) is 16.5. The summed E-state index contributed by atoms with van der Waals surface area (Å²) in [6, 6.07) is 0. The Morgan fingerprint density at radius 1 is 1.29 bits per heavy atom. The summed E-state index contributed by atoms with van der Waals surface area (Å²) in [5, 5.41) is 11.8. The molecular formula is C16H29NO4. The first-order chi connectivity index (χ1) is 10.2. The molecule has 0 amide bonds. The Morgan fingerprint density at radius 2 is 1.81 bits per heavy atom. The van der Waals surface area contributed by atoms with Crippen LogP contribution in [-0.4, -0.2) is 52.1 Å². The average molecular weight is 299 g/mol. The molecular weight excluding hydrogens is 270 g/mol. The van der Waals surface area contributed by atoms with Gasteiger partial charge >= 0.3 is 0 Å². The summed E-state index contributed by atoms with van der Waals surface area (Å²) in [6.07, 6.45) is 7.25. The maximum absolute atomic E-state index is 8.47. The molecule has 5 nitrogen and oxygen atoms in total. The summed E-state index contributed by atoms with van der Waals surface area (Å²) < 4.78 is 10.4. The van der Waals surface area contributed by atoms with Crippen LogP contribution in [0, 0.1) is 5.92 Å². The Kier molecular flexibility index (Phi) is 17.6. The minimum Gasteiger partial charge on any atom is -0.392 e. The van der Waals surface area contributed by atoms with Crippen LogP contribution in [0.4, 0.5) is 0 Å². The molecule has 1 fully saturated rings. The van der Waals surface area contributed by atoms with E-state index in [9.17, 15) is 0 Å². The SMILES string of the molecule is C=C/C=C(\C=C)CO.C=O.COC(OC)C1CCNCC1. The van der Waals surface area contributed by atoms with Crippen LogP contribution in [0.15, 0.2) is 37.0 Å². The largest absolute Gasteiger partial charge is 0.392 e. The van der Waals surface area contributed by atoms with E-state index in [1.807, 2.05) is 6.79 Å². The summed E-state index contributed by atoms with van der Waals surface area (Å²) in [4.78, 5) is 8.00. The molecule has 0 atom stereocenters. The van der Waals surface area contributed by atoms with Crippen molar-refractivity contribution in [1.82, 2.24) is 5.32 Å². The Bertz CT molecular complexity index is 282. The van der Waals surface area contributed by atoms with Crippen molar-refractivity contribution < 1.29 is 19.4 Å². The van der Waals surface area contributed by atoms with Gasteiger partial charge < -0.3 is 24.7 Å². The molecule has 1 heterocycles. The smallest absolute Gasteiger partial charge is 0.159 e. The van der Waals surface area contributed by atoms with E-state index >= 15 is 0 Å². The van der Waals surface area contributed by atoms with Crippen molar-refractivity contribution in [1.29, 1.82) is 0 Å². The van der Waals surface area contributed by atoms with E-state index in [2.05, 4.69) is 18.5 Å². The van der Waals surface area contributed by atoms with Crippen molar-refractivity contribution in [2.24, 2.45) is 5.92 Å². The first-order valence-electron chi connectivity index (χ1n) is 6.83. The molecule has 5 heteroatoms. The summed E-state index contributed by atoms with van der Waals surface area (Å²) in [5.41, 5.74) is 0.792. The minimum absolute atomic E-state index is 0.00269. The summed E-state index contributed by atoms with van der Waals surface area (Å²) in [5.74, 6) is 0.575. The molecule has 0 spiro atoms. The molecule has 0 unspecified atom stereocenters. The summed E-state index contributed by atoms with van der Waals surface area (Å²) in [7, 11) is 3.41. The van der Waals surface area contributed by atoms with Gasteiger partial charge in [-0.1, -0.05) is 31.4 Å². The van der Waals surface area contributed by atoms with E-state index in [4.69, 9.17) is 19.4 Å². The van der Waals surface area contributed by atoms with Crippen LogP contribution in [0.3, 0.4) is 0 Å². The van der Waals surface area contributed by atoms with Gasteiger partial charge in [-0.15, -0.1) is 0 Å². The number of rotatable bonds is 6. The number of piperidine rings is 1. The molecule has 1 rings (SSSR count). The van der Waals surface area contributed by atoms with Gasteiger partial charge in [0.2, 0.25) is 0 Å². The molecule has 0 aromatic carbocycles. The quantitative estimate of drug-likeness (QED) is 0.577. The molecule has 0 saturated carbocycles. The number of ether oxygens (including phenoxy) is 2. The normalized spacial score (nSPS) is 15.3. The van der Waals surface area contributed by atoms with Gasteiger partial charge in [0.05, 0.1) is 6.61 Å². The fourth-order valence-electron chi connectivity index (χ4n) is 1.93. The number of methoxy groups -OCH3 is 2. The van der Waals surface area contributed by atoms with Gasteiger partial charge in [0, 0.05) is 20.1 Å². The number of allylic oxidation sites excluding steroid dienone is 2. The van der Waals surface area contributed by atoms with Crippen LogP contribution in [0.2, 0.25) is 0 Å². The number of hydrogen-bond donors (Lipinski definition) is 2. The van der Waals surface area contributed by atoms with Gasteiger partial charge in [-0.3, -0.25) is 0 Å². The van der Waals surface area contributed by atoms with Crippen LogP contribution < -0.4 is 5.32 Å². The maximum atomic E-state index is 8.47. The molecule has 0 aliphatic carbocycles. The lowest BCUT2D eigenvalue weighted by Gasteiger charge is -2.28. The van der Waals surface area contributed by atoms with E-state index in [0.717, 1.165) is 31.5 Å². The minimum atomic E-state index is -0.00269. The molecule has 1 aliphatic rings. The van der Waals surface area contributed by atoms with Crippen molar-refractivity contribution in [2.75, 3.05) is 33.9 Å². The first kappa shape index (κ1) is 22.0. The van der Waals surface area contributed by atoms with Crippen molar-refractivity contribution in [2.45, 2.75) is 19.1 Å². The maximum Gasteiger partial charge on any atom is 0.159 e. The van der Waals surface area contributed by atoms with Gasteiger partial charge in [0.25, 0.3) is 0 Å². The highest BCUT2D eigenvalue weighted by atomic mass is 16.7. The lowest BCUT2D eigenvalue weighted by molar-refractivity contribution is -0.142. The zero-order valence-electron chi connectivity index (χ0n) is 13.2. The molecule has 122 valence electrons. The molecule has 1 aliphatic heterocycles. The highest BCUT2D eigenvalue weighted by Gasteiger charge is 2.22. The van der Waals surface area contributed by atoms with Crippen LogP contribution in [0.5, 0.6) is 0 Å². The third-order valence-corrected chi connectivity index (χ3v) is 3.01. The van der Waals surface area contributed by atoms with Crippen molar-refractivity contribution in [3.05, 3.63) is 37.0 Å². The monoisotopic (exact) mass is 299 g/mol. The van der Waals surface area contributed by atoms with Crippen molar-refractivity contribution in [3.63, 3.8) is 0 Å². The standard InChI is InChI=1S/C8H17NO2.C7H10O.CH2O/c1-10-8(11-2)7-3-5-9-6-4-7;1-3-5-7(4-2)6-8;1-2/h7-9H,3-6H2,1-2H3;3-5,8H,1-2,6H2;1H2/b;7-5+;. The average Bonchev–Trinajstić information content (AvgIpc) is 2.57. The second-order valence-corrected chi connectivity index (χ2v) is 4.27. The van der Waals surface area contributed by atoms with Gasteiger partial charge in [0.15, 0.2) is 6.29 Å². The number of aliphatic hydroxyl groups excluding tert-OH is 1. The highest BCUT2D eigenvalue weighted by Crippen LogP contribution is 2.18. The Labute approximate surface area is 128 Å². The van der Waals surface area contributed by atoms with E-state index < -0.39 is 0 Å². The second-order valence-electron chi connectivity index (χ2n) is 4.27. The third-order valence-electron chi connectivity index (χ3n) is 3.01. The van der Waals surface area contributed by atoms with E-state index in [1.165, 1.54) is 0 Å². The predicted molar refractivity (Wildman–Crippen MR) is 86.1 cm³/mol. The number of hydrogen-bond acceptors (Lipinski definition) is 5. The van der Waals surface area contributed by atoms with Crippen molar-refractivity contribution in [3.8, 4) is 0 Å². The molecule has 0 radical (unpaired) electrons. The topological polar surface area (TPSA) is 67.8 Å². The summed E-state index contributed by atoms with van der Waals surface area (Å²) in [6.45, 7) is 11.2. The van der Waals surface area contributed by atoms with Crippen LogP contribution in [0.25, 0.3) is 0 Å². The Balaban J connectivity index is 0. The second kappa shape index (κ2) is 16.8. The zero-order valence-corrected chi connectivity index (χ0v) is 13.2. The number of nitrogens with one attached hydrogen (secondary N) is 1. The fourth-order valence-corrected chi connectivity index (χ4v) is 1.93. The molecule has 0 bridgehead atoms. The van der Waals surface area contributed by atoms with Crippen LogP contribution >= 0.6 is 0 Å². The molecule has 2 N–H and O–H groups in total. The highest BCUT2D eigenvalue weighted by molar-refractivity contribution is 5.20. The predicted octanol–water partition coefficient (Wildman–Crippen LogP) is 1.70. The lowest BCUT2D eigenvalue weighted by atomic mass is 9.97. The van der Waals surface area contributed by atoms with Gasteiger partial charge in [-0.25, -0.2) is 0 Å². The number of carbonyl (C=O) groups is 1. The van der Waals surface area contributed by atoms with Gasteiger partial charge in [0.1, 0.15) is 6.79 Å². The van der Waals surface area contributed by atoms with E-state index in [-0.39, 0.29) is 12.9 Å². The molecule has 1 saturated heterocycles. The van der Waals surface area contributed by atoms with E-state index in [1.54, 1.807) is 32.4 Å². The lowest BCUT2D eigenvalue weighted by Crippen LogP contribution is -2.35. The van der Waals surface area contributed by atoms with Gasteiger partial charge in [-0.05, 0) is 31.5 Å². The number of aliphatic hydroxyl groups is 1. The summed E-state index contributed by atoms with van der Waals surface area (Å²) >= 11 is 0. The third kappa shape index (κ3) is 11.1. The number of carbonyl (C=O) groups excluding carboxylic acids is 1. The van der Waals surface area contributed by atoms with Crippen molar-refractivity contribution >= 4 is 6.79 Å². The van der Waals surface area contributed by atoms with E-state index in [0.29, 0.717) is 5.92 Å². The molecule has 21 heavy (non-hydrogen) atoms. The van der Waals surface area contributed by atoms with Crippen LogP contribution in [0.1, 0.15) is 12.8 Å². The molecule has 0 aromatic rings. The fraction of sp³-hybridized carbons (Fsp3) is 0.562. The van der Waals surface area contributed by atoms with Crippen LogP contribution in [-0.2, 0) is 14.3 Å². The Morgan fingerprint density at radius 3 is 2.10 bits per heavy atom.